The number of ether oxygens (including phenoxy) is 3. The molecule has 0 aliphatic carbocycles. The zero-order valence-electron chi connectivity index (χ0n) is 31.2. The van der Waals surface area contributed by atoms with E-state index in [1.165, 1.54) is 5.56 Å². The van der Waals surface area contributed by atoms with Crippen molar-refractivity contribution in [3.05, 3.63) is 186 Å². The lowest BCUT2D eigenvalue weighted by Gasteiger charge is -2.42. The largest absolute Gasteiger partial charge is 0.457 e. The standard InChI is InChI=1S/C47H47N3O5/c1-33-44(31-50(2)30-34-11-5-3-6-12-34)54-46(55-45(33)37-19-17-35(32-51)18-20-37)38-23-21-36(22-24-38)43-16-10-9-13-39(43)29-48-47(52)49-40-25-27-42(28-26-40)53-41-14-7-4-8-15-41/h3-28,33,44-46,51H,29-32H2,1-2H3,(H2,48,49,52)/t33-,44+,45+,46+/m1/s1. The van der Waals surface area contributed by atoms with Gasteiger partial charge in [0.15, 0.2) is 6.29 Å². The molecule has 0 radical (unpaired) electrons. The predicted molar refractivity (Wildman–Crippen MR) is 216 cm³/mol. The lowest BCUT2D eigenvalue weighted by Crippen LogP contribution is -2.43. The molecule has 280 valence electrons. The second-order valence-electron chi connectivity index (χ2n) is 14.0. The Morgan fingerprint density at radius 3 is 2.05 bits per heavy atom. The Hall–Kier alpha value is -5.77. The molecule has 7 rings (SSSR count). The van der Waals surface area contributed by atoms with Gasteiger partial charge in [0.25, 0.3) is 0 Å². The maximum atomic E-state index is 12.9. The monoisotopic (exact) mass is 733 g/mol. The first-order chi connectivity index (χ1) is 26.9. The Morgan fingerprint density at radius 1 is 0.709 bits per heavy atom. The van der Waals surface area contributed by atoms with Gasteiger partial charge in [-0.25, -0.2) is 4.79 Å². The molecule has 1 fully saturated rings. The number of urea groups is 1. The van der Waals surface area contributed by atoms with Crippen molar-refractivity contribution in [1.82, 2.24) is 10.2 Å². The first-order valence-corrected chi connectivity index (χ1v) is 18.7. The number of aliphatic hydroxyl groups is 1. The van der Waals surface area contributed by atoms with Gasteiger partial charge in [0.05, 0.1) is 18.8 Å². The van der Waals surface area contributed by atoms with Crippen molar-refractivity contribution in [2.75, 3.05) is 18.9 Å². The molecule has 55 heavy (non-hydrogen) atoms. The summed E-state index contributed by atoms with van der Waals surface area (Å²) in [5.41, 5.74) is 7.81. The minimum absolute atomic E-state index is 0.000774. The van der Waals surface area contributed by atoms with Crippen LogP contribution in [0.3, 0.4) is 0 Å². The van der Waals surface area contributed by atoms with Crippen molar-refractivity contribution in [1.29, 1.82) is 0 Å². The minimum atomic E-state index is -0.567. The van der Waals surface area contributed by atoms with Crippen LogP contribution < -0.4 is 15.4 Å². The van der Waals surface area contributed by atoms with Crippen molar-refractivity contribution in [2.24, 2.45) is 5.92 Å². The molecule has 0 aromatic heterocycles. The summed E-state index contributed by atoms with van der Waals surface area (Å²) in [6.07, 6.45) is -0.851. The maximum absolute atomic E-state index is 12.9. The number of aliphatic hydroxyl groups excluding tert-OH is 1. The second kappa shape index (κ2) is 18.0. The summed E-state index contributed by atoms with van der Waals surface area (Å²) in [6.45, 7) is 4.09. The smallest absolute Gasteiger partial charge is 0.319 e. The summed E-state index contributed by atoms with van der Waals surface area (Å²) in [7, 11) is 2.13. The fourth-order valence-electron chi connectivity index (χ4n) is 6.95. The number of nitrogens with zero attached hydrogens (tertiary/aromatic N) is 1. The molecule has 8 heteroatoms. The molecule has 6 aromatic carbocycles. The number of carbonyl (C=O) groups excluding carboxylic acids is 1. The fourth-order valence-corrected chi connectivity index (χ4v) is 6.95. The van der Waals surface area contributed by atoms with E-state index in [9.17, 15) is 9.90 Å². The summed E-state index contributed by atoms with van der Waals surface area (Å²) < 4.78 is 19.3. The number of para-hydroxylation sites is 1. The number of rotatable bonds is 13. The molecule has 0 spiro atoms. The molecule has 1 aliphatic heterocycles. The van der Waals surface area contributed by atoms with Gasteiger partial charge in [-0.15, -0.1) is 0 Å². The van der Waals surface area contributed by atoms with Crippen LogP contribution in [0.4, 0.5) is 10.5 Å². The van der Waals surface area contributed by atoms with E-state index in [0.29, 0.717) is 18.0 Å². The summed E-state index contributed by atoms with van der Waals surface area (Å²) in [6, 6.07) is 51.4. The lowest BCUT2D eigenvalue weighted by molar-refractivity contribution is -0.276. The van der Waals surface area contributed by atoms with Gasteiger partial charge in [-0.3, -0.25) is 4.90 Å². The number of hydrogen-bond donors (Lipinski definition) is 3. The van der Waals surface area contributed by atoms with E-state index in [4.69, 9.17) is 14.2 Å². The zero-order valence-corrected chi connectivity index (χ0v) is 31.2. The fraction of sp³-hybridized carbons (Fsp3) is 0.213. The highest BCUT2D eigenvalue weighted by molar-refractivity contribution is 5.89. The highest BCUT2D eigenvalue weighted by Crippen LogP contribution is 2.42. The SMILES string of the molecule is C[C@@H]1[C@H](CN(C)Cc2ccccc2)O[C@H](c2ccc(-c3ccccc3CNC(=O)Nc3ccc(Oc4ccccc4)cc3)cc2)O[C@@H]1c1ccc(CO)cc1. The van der Waals surface area contributed by atoms with Gasteiger partial charge in [-0.05, 0) is 76.8 Å². The number of nitrogens with one attached hydrogen (secondary N) is 2. The Kier molecular flexibility index (Phi) is 12.3. The Labute approximate surface area is 323 Å². The normalized spacial score (nSPS) is 18.1. The molecule has 0 saturated carbocycles. The van der Waals surface area contributed by atoms with E-state index in [1.54, 1.807) is 0 Å². The molecule has 1 aliphatic rings. The summed E-state index contributed by atoms with van der Waals surface area (Å²) >= 11 is 0. The number of benzene rings is 6. The van der Waals surface area contributed by atoms with Gasteiger partial charge in [-0.2, -0.15) is 0 Å². The summed E-state index contributed by atoms with van der Waals surface area (Å²) in [5, 5.41) is 15.5. The highest BCUT2D eigenvalue weighted by Gasteiger charge is 2.38. The van der Waals surface area contributed by atoms with Crippen molar-refractivity contribution < 1.29 is 24.1 Å². The van der Waals surface area contributed by atoms with Crippen LogP contribution in [-0.2, 0) is 29.2 Å². The molecule has 0 bridgehead atoms. The molecular formula is C47H47N3O5. The molecule has 1 heterocycles. The van der Waals surface area contributed by atoms with Gasteiger partial charge in [0.2, 0.25) is 0 Å². The van der Waals surface area contributed by atoms with Gasteiger partial charge < -0.3 is 30.0 Å². The number of amides is 2. The second-order valence-corrected chi connectivity index (χ2v) is 14.0. The number of carbonyl (C=O) groups is 1. The van der Waals surface area contributed by atoms with E-state index in [2.05, 4.69) is 84.1 Å². The van der Waals surface area contributed by atoms with E-state index in [1.807, 2.05) is 103 Å². The third kappa shape index (κ3) is 9.86. The number of likely N-dealkylation sites (N-methyl/N-ethyl adjacent to an activating group) is 1. The summed E-state index contributed by atoms with van der Waals surface area (Å²) in [5.74, 6) is 1.52. The summed E-state index contributed by atoms with van der Waals surface area (Å²) in [4.78, 5) is 15.2. The Morgan fingerprint density at radius 2 is 1.35 bits per heavy atom. The van der Waals surface area contributed by atoms with Crippen LogP contribution in [0.2, 0.25) is 0 Å². The topological polar surface area (TPSA) is 92.3 Å². The maximum Gasteiger partial charge on any atom is 0.319 e. The first-order valence-electron chi connectivity index (χ1n) is 18.7. The van der Waals surface area contributed by atoms with Gasteiger partial charge in [0, 0.05) is 36.8 Å². The lowest BCUT2D eigenvalue weighted by atomic mass is 9.90. The molecule has 0 unspecified atom stereocenters. The van der Waals surface area contributed by atoms with Crippen LogP contribution in [0.1, 0.15) is 47.1 Å². The van der Waals surface area contributed by atoms with Crippen molar-refractivity contribution in [3.8, 4) is 22.6 Å². The first kappa shape index (κ1) is 37.5. The Bertz CT molecular complexity index is 2110. The molecule has 1 saturated heterocycles. The quantitative estimate of drug-likeness (QED) is 0.110. The van der Waals surface area contributed by atoms with Crippen LogP contribution in [0.15, 0.2) is 158 Å². The van der Waals surface area contributed by atoms with E-state index in [0.717, 1.165) is 52.2 Å². The van der Waals surface area contributed by atoms with Crippen molar-refractivity contribution >= 4 is 11.7 Å². The Balaban J connectivity index is 1.02. The molecule has 3 N–H and O–H groups in total. The van der Waals surface area contributed by atoms with E-state index < -0.39 is 6.29 Å². The van der Waals surface area contributed by atoms with Crippen molar-refractivity contribution in [3.63, 3.8) is 0 Å². The van der Waals surface area contributed by atoms with Gasteiger partial charge in [-0.1, -0.05) is 128 Å². The van der Waals surface area contributed by atoms with Gasteiger partial charge in [0.1, 0.15) is 11.5 Å². The highest BCUT2D eigenvalue weighted by atomic mass is 16.7. The van der Waals surface area contributed by atoms with E-state index >= 15 is 0 Å². The average Bonchev–Trinajstić information content (AvgIpc) is 3.22. The predicted octanol–water partition coefficient (Wildman–Crippen LogP) is 9.88. The molecule has 8 nitrogen and oxygen atoms in total. The number of hydrogen-bond acceptors (Lipinski definition) is 6. The minimum Gasteiger partial charge on any atom is -0.457 e. The average molecular weight is 734 g/mol. The molecular weight excluding hydrogens is 687 g/mol. The van der Waals surface area contributed by atoms with Crippen LogP contribution >= 0.6 is 0 Å². The molecule has 2 amide bonds. The zero-order chi connectivity index (χ0) is 38.0. The number of anilines is 1. The molecule has 6 aromatic rings. The third-order valence-electron chi connectivity index (χ3n) is 9.95. The van der Waals surface area contributed by atoms with Crippen molar-refractivity contribution in [2.45, 2.75) is 45.1 Å². The van der Waals surface area contributed by atoms with Crippen LogP contribution in [-0.4, -0.2) is 35.7 Å². The van der Waals surface area contributed by atoms with Crippen LogP contribution in [0.25, 0.3) is 11.1 Å². The third-order valence-corrected chi connectivity index (χ3v) is 9.95. The van der Waals surface area contributed by atoms with Crippen LogP contribution in [0.5, 0.6) is 11.5 Å². The molecule has 4 atom stereocenters. The van der Waals surface area contributed by atoms with E-state index in [-0.39, 0.29) is 30.8 Å². The van der Waals surface area contributed by atoms with Crippen LogP contribution in [0, 0.1) is 5.92 Å². The van der Waals surface area contributed by atoms with Gasteiger partial charge >= 0.3 is 6.03 Å².